The topological polar surface area (TPSA) is 24.5 Å². The molecule has 3 nitrogen and oxygen atoms in total. The summed E-state index contributed by atoms with van der Waals surface area (Å²) in [4.78, 5) is 2.66. The molecular weight excluding hydrogens is 212 g/mol. The van der Waals surface area contributed by atoms with Crippen LogP contribution in [0.25, 0.3) is 0 Å². The molecule has 17 heavy (non-hydrogen) atoms. The molecule has 0 radical (unpaired) electrons. The minimum Gasteiger partial charge on any atom is -0.373 e. The summed E-state index contributed by atoms with van der Waals surface area (Å²) in [6, 6.07) is 1.55. The van der Waals surface area contributed by atoms with E-state index in [0.29, 0.717) is 12.6 Å². The number of ether oxygens (including phenoxy) is 1. The third kappa shape index (κ3) is 3.80. The molecule has 0 aliphatic carbocycles. The van der Waals surface area contributed by atoms with Gasteiger partial charge in [-0.05, 0) is 45.7 Å². The summed E-state index contributed by atoms with van der Waals surface area (Å²) < 4.78 is 5.58. The molecule has 0 spiro atoms. The zero-order chi connectivity index (χ0) is 12.1. The van der Waals surface area contributed by atoms with Crippen LogP contribution in [-0.2, 0) is 4.74 Å². The lowest BCUT2D eigenvalue weighted by atomic mass is 9.97. The molecule has 1 N–H and O–H groups in total. The van der Waals surface area contributed by atoms with Crippen molar-refractivity contribution in [3.8, 4) is 0 Å². The lowest BCUT2D eigenvalue weighted by molar-refractivity contribution is 0.0798. The highest BCUT2D eigenvalue weighted by Crippen LogP contribution is 2.26. The summed E-state index contributed by atoms with van der Waals surface area (Å²) in [5.74, 6) is 0. The van der Waals surface area contributed by atoms with Crippen LogP contribution in [0, 0.1) is 0 Å². The van der Waals surface area contributed by atoms with Crippen molar-refractivity contribution in [2.75, 3.05) is 26.2 Å². The summed E-state index contributed by atoms with van der Waals surface area (Å²) in [5.41, 5.74) is 0. The normalized spacial score (nSPS) is 31.1. The first-order chi connectivity index (χ1) is 8.29. The largest absolute Gasteiger partial charge is 0.373 e. The SMILES string of the molecule is C=CCOC(C)CNC1CCN2CCCC2C1. The standard InChI is InChI=1S/C14H26N2O/c1-3-9-17-12(2)11-15-13-6-8-16-7-4-5-14(16)10-13/h3,12-15H,1,4-11H2,2H3. The van der Waals surface area contributed by atoms with Crippen LogP contribution in [0.2, 0.25) is 0 Å². The molecule has 0 bridgehead atoms. The van der Waals surface area contributed by atoms with E-state index in [2.05, 4.69) is 23.7 Å². The molecule has 3 atom stereocenters. The van der Waals surface area contributed by atoms with Crippen molar-refractivity contribution in [3.63, 3.8) is 0 Å². The number of fused-ring (bicyclic) bond motifs is 1. The Hall–Kier alpha value is -0.380. The molecule has 2 aliphatic rings. The van der Waals surface area contributed by atoms with Gasteiger partial charge in [-0.2, -0.15) is 0 Å². The quantitative estimate of drug-likeness (QED) is 0.714. The Morgan fingerprint density at radius 2 is 2.35 bits per heavy atom. The summed E-state index contributed by atoms with van der Waals surface area (Å²) in [6.45, 7) is 10.0. The van der Waals surface area contributed by atoms with Crippen molar-refractivity contribution in [2.45, 2.75) is 50.8 Å². The van der Waals surface area contributed by atoms with Crippen molar-refractivity contribution in [1.29, 1.82) is 0 Å². The smallest absolute Gasteiger partial charge is 0.0675 e. The molecule has 2 heterocycles. The zero-order valence-electron chi connectivity index (χ0n) is 11.0. The molecule has 2 fully saturated rings. The van der Waals surface area contributed by atoms with Gasteiger partial charge in [0.25, 0.3) is 0 Å². The number of rotatable bonds is 6. The number of hydrogen-bond acceptors (Lipinski definition) is 3. The minimum atomic E-state index is 0.287. The monoisotopic (exact) mass is 238 g/mol. The van der Waals surface area contributed by atoms with Crippen LogP contribution >= 0.6 is 0 Å². The Balaban J connectivity index is 1.64. The van der Waals surface area contributed by atoms with Gasteiger partial charge in [-0.3, -0.25) is 0 Å². The van der Waals surface area contributed by atoms with E-state index in [4.69, 9.17) is 4.74 Å². The molecule has 0 aromatic carbocycles. The predicted molar refractivity (Wildman–Crippen MR) is 71.2 cm³/mol. The van der Waals surface area contributed by atoms with Crippen molar-refractivity contribution in [1.82, 2.24) is 10.2 Å². The number of nitrogens with zero attached hydrogens (tertiary/aromatic N) is 1. The molecule has 0 aromatic rings. The van der Waals surface area contributed by atoms with Gasteiger partial charge in [-0.25, -0.2) is 0 Å². The third-order valence-electron chi connectivity index (χ3n) is 4.01. The van der Waals surface area contributed by atoms with E-state index in [1.165, 1.54) is 38.8 Å². The van der Waals surface area contributed by atoms with E-state index >= 15 is 0 Å². The molecule has 0 aromatic heterocycles. The van der Waals surface area contributed by atoms with Gasteiger partial charge in [0, 0.05) is 18.6 Å². The van der Waals surface area contributed by atoms with Crippen molar-refractivity contribution in [2.24, 2.45) is 0 Å². The highest BCUT2D eigenvalue weighted by Gasteiger charge is 2.31. The van der Waals surface area contributed by atoms with Gasteiger partial charge in [-0.1, -0.05) is 6.08 Å². The Bertz CT molecular complexity index is 244. The number of hydrogen-bond donors (Lipinski definition) is 1. The molecule has 98 valence electrons. The second-order valence-electron chi connectivity index (χ2n) is 5.39. The molecule has 3 heteroatoms. The van der Waals surface area contributed by atoms with Gasteiger partial charge in [-0.15, -0.1) is 6.58 Å². The van der Waals surface area contributed by atoms with E-state index in [1.807, 2.05) is 6.08 Å². The van der Waals surface area contributed by atoms with E-state index in [-0.39, 0.29) is 6.10 Å². The van der Waals surface area contributed by atoms with E-state index in [9.17, 15) is 0 Å². The van der Waals surface area contributed by atoms with Crippen LogP contribution in [0.1, 0.15) is 32.6 Å². The summed E-state index contributed by atoms with van der Waals surface area (Å²) in [7, 11) is 0. The molecule has 0 amide bonds. The van der Waals surface area contributed by atoms with Gasteiger partial charge < -0.3 is 15.0 Å². The lowest BCUT2D eigenvalue weighted by Gasteiger charge is -2.35. The van der Waals surface area contributed by atoms with Crippen molar-refractivity contribution < 1.29 is 4.74 Å². The second-order valence-corrected chi connectivity index (χ2v) is 5.39. The third-order valence-corrected chi connectivity index (χ3v) is 4.01. The molecule has 2 saturated heterocycles. The van der Waals surface area contributed by atoms with E-state index in [1.54, 1.807) is 0 Å². The predicted octanol–water partition coefficient (Wildman–Crippen LogP) is 1.79. The zero-order valence-corrected chi connectivity index (χ0v) is 11.0. The first-order valence-corrected chi connectivity index (χ1v) is 6.99. The van der Waals surface area contributed by atoms with Crippen LogP contribution in [0.4, 0.5) is 0 Å². The van der Waals surface area contributed by atoms with Gasteiger partial charge in [0.1, 0.15) is 0 Å². The highest BCUT2D eigenvalue weighted by atomic mass is 16.5. The fourth-order valence-corrected chi connectivity index (χ4v) is 3.03. The fraction of sp³-hybridized carbons (Fsp3) is 0.857. The van der Waals surface area contributed by atoms with Gasteiger partial charge in [0.15, 0.2) is 0 Å². The van der Waals surface area contributed by atoms with Crippen LogP contribution in [0.5, 0.6) is 0 Å². The van der Waals surface area contributed by atoms with Crippen LogP contribution in [-0.4, -0.2) is 49.3 Å². The first kappa shape index (κ1) is 13.1. The minimum absolute atomic E-state index is 0.287. The fourth-order valence-electron chi connectivity index (χ4n) is 3.03. The molecule has 2 aliphatic heterocycles. The Morgan fingerprint density at radius 1 is 1.47 bits per heavy atom. The van der Waals surface area contributed by atoms with Crippen LogP contribution < -0.4 is 5.32 Å². The van der Waals surface area contributed by atoms with E-state index < -0.39 is 0 Å². The van der Waals surface area contributed by atoms with Gasteiger partial charge in [0.05, 0.1) is 12.7 Å². The van der Waals surface area contributed by atoms with Crippen molar-refractivity contribution in [3.05, 3.63) is 12.7 Å². The Morgan fingerprint density at radius 3 is 3.18 bits per heavy atom. The maximum Gasteiger partial charge on any atom is 0.0675 e. The molecule has 3 unspecified atom stereocenters. The average Bonchev–Trinajstić information content (AvgIpc) is 2.81. The first-order valence-electron chi connectivity index (χ1n) is 6.99. The van der Waals surface area contributed by atoms with Crippen molar-refractivity contribution >= 4 is 0 Å². The highest BCUT2D eigenvalue weighted by molar-refractivity contribution is 4.89. The summed E-state index contributed by atoms with van der Waals surface area (Å²) in [6.07, 6.45) is 7.53. The molecular formula is C14H26N2O. The maximum absolute atomic E-state index is 5.58. The Kier molecular flexibility index (Phi) is 5.01. The number of nitrogens with one attached hydrogen (secondary N) is 1. The summed E-state index contributed by atoms with van der Waals surface area (Å²) >= 11 is 0. The van der Waals surface area contributed by atoms with E-state index in [0.717, 1.165) is 12.6 Å². The van der Waals surface area contributed by atoms with Crippen LogP contribution in [0.3, 0.4) is 0 Å². The second kappa shape index (κ2) is 6.53. The molecule has 2 rings (SSSR count). The lowest BCUT2D eigenvalue weighted by Crippen LogP contribution is -2.47. The maximum atomic E-state index is 5.58. The molecule has 0 saturated carbocycles. The number of piperidine rings is 1. The van der Waals surface area contributed by atoms with Gasteiger partial charge in [0.2, 0.25) is 0 Å². The van der Waals surface area contributed by atoms with Crippen LogP contribution in [0.15, 0.2) is 12.7 Å². The average molecular weight is 238 g/mol. The summed E-state index contributed by atoms with van der Waals surface area (Å²) in [5, 5.41) is 3.66. The van der Waals surface area contributed by atoms with Gasteiger partial charge >= 0.3 is 0 Å². The Labute approximate surface area is 105 Å².